The van der Waals surface area contributed by atoms with Crippen molar-refractivity contribution < 1.29 is 4.79 Å². The molecule has 26 heavy (non-hydrogen) atoms. The molecule has 2 aromatic carbocycles. The van der Waals surface area contributed by atoms with E-state index >= 15 is 0 Å². The smallest absolute Gasteiger partial charge is 0.224 e. The number of benzene rings is 2. The second-order valence-corrected chi connectivity index (χ2v) is 6.76. The predicted molar refractivity (Wildman–Crippen MR) is 107 cm³/mol. The van der Waals surface area contributed by atoms with E-state index in [2.05, 4.69) is 15.3 Å². The maximum atomic E-state index is 12.5. The highest BCUT2D eigenvalue weighted by Crippen LogP contribution is 2.30. The van der Waals surface area contributed by atoms with E-state index < -0.39 is 0 Å². The molecule has 0 aliphatic heterocycles. The van der Waals surface area contributed by atoms with Crippen molar-refractivity contribution in [2.24, 2.45) is 11.7 Å². The molecule has 0 radical (unpaired) electrons. The zero-order chi connectivity index (χ0) is 17.2. The summed E-state index contributed by atoms with van der Waals surface area (Å²) in [5.74, 6) is 1.07. The molecule has 0 spiro atoms. The number of amides is 1. The molecule has 2 atom stereocenters. The minimum absolute atomic E-state index is 0. The van der Waals surface area contributed by atoms with Crippen molar-refractivity contribution in [3.05, 3.63) is 48.5 Å². The number of nitrogens with one attached hydrogen (secondary N) is 2. The van der Waals surface area contributed by atoms with E-state index in [4.69, 9.17) is 5.73 Å². The first-order chi connectivity index (χ1) is 12.2. The van der Waals surface area contributed by atoms with Gasteiger partial charge in [-0.25, -0.2) is 4.98 Å². The van der Waals surface area contributed by atoms with Gasteiger partial charge in [-0.1, -0.05) is 30.7 Å². The van der Waals surface area contributed by atoms with Gasteiger partial charge in [0.05, 0.1) is 16.7 Å². The average Bonchev–Trinajstić information content (AvgIpc) is 3.21. The average molecular weight is 371 g/mol. The summed E-state index contributed by atoms with van der Waals surface area (Å²) in [7, 11) is 0. The van der Waals surface area contributed by atoms with E-state index in [0.29, 0.717) is 12.3 Å². The van der Waals surface area contributed by atoms with E-state index in [1.165, 1.54) is 0 Å². The first-order valence-corrected chi connectivity index (χ1v) is 8.80. The summed E-state index contributed by atoms with van der Waals surface area (Å²) < 4.78 is 0. The molecule has 4 N–H and O–H groups in total. The molecule has 1 fully saturated rings. The zero-order valence-electron chi connectivity index (χ0n) is 14.4. The molecule has 3 aromatic rings. The lowest BCUT2D eigenvalue weighted by Gasteiger charge is -2.15. The van der Waals surface area contributed by atoms with Crippen LogP contribution in [0.5, 0.6) is 0 Å². The summed E-state index contributed by atoms with van der Waals surface area (Å²) in [5.41, 5.74) is 9.65. The molecule has 6 heteroatoms. The van der Waals surface area contributed by atoms with Gasteiger partial charge in [0.1, 0.15) is 5.82 Å². The number of halogens is 1. The van der Waals surface area contributed by atoms with Crippen LogP contribution in [0.4, 0.5) is 5.69 Å². The van der Waals surface area contributed by atoms with Crippen molar-refractivity contribution in [3.8, 4) is 11.4 Å². The maximum absolute atomic E-state index is 12.5. The van der Waals surface area contributed by atoms with Crippen molar-refractivity contribution in [3.63, 3.8) is 0 Å². The number of nitrogens with zero attached hydrogens (tertiary/aromatic N) is 1. The Labute approximate surface area is 158 Å². The lowest BCUT2D eigenvalue weighted by Crippen LogP contribution is -2.28. The van der Waals surface area contributed by atoms with E-state index in [-0.39, 0.29) is 24.4 Å². The number of hydrogen-bond acceptors (Lipinski definition) is 3. The summed E-state index contributed by atoms with van der Waals surface area (Å²) in [4.78, 5) is 20.4. The second kappa shape index (κ2) is 7.89. The highest BCUT2D eigenvalue weighted by molar-refractivity contribution is 5.95. The first-order valence-electron chi connectivity index (χ1n) is 8.80. The van der Waals surface area contributed by atoms with Crippen LogP contribution in [0.2, 0.25) is 0 Å². The van der Waals surface area contributed by atoms with Gasteiger partial charge >= 0.3 is 0 Å². The van der Waals surface area contributed by atoms with Gasteiger partial charge in [-0.3, -0.25) is 4.79 Å². The maximum Gasteiger partial charge on any atom is 0.224 e. The number of aromatic nitrogens is 2. The third-order valence-electron chi connectivity index (χ3n) is 5.01. The van der Waals surface area contributed by atoms with E-state index in [1.807, 2.05) is 48.5 Å². The molecule has 0 saturated heterocycles. The Morgan fingerprint density at radius 2 is 1.92 bits per heavy atom. The highest BCUT2D eigenvalue weighted by atomic mass is 35.5. The Bertz CT molecular complexity index is 874. The van der Waals surface area contributed by atoms with Gasteiger partial charge < -0.3 is 16.0 Å². The standard InChI is InChI=1S/C20H22N4O.ClH/c21-15-8-5-6-13(15)12-19(25)22-16-9-2-1-7-14(16)20-23-17-10-3-4-11-18(17)24-20;/h1-4,7,9-11,13,15H,5-6,8,12,21H2,(H,22,25)(H,23,24);1H/t13-,15+;/m0./s1. The molecule has 1 saturated carbocycles. The van der Waals surface area contributed by atoms with Gasteiger partial charge in [-0.2, -0.15) is 0 Å². The Morgan fingerprint density at radius 3 is 2.69 bits per heavy atom. The van der Waals surface area contributed by atoms with Crippen LogP contribution in [0, 0.1) is 5.92 Å². The summed E-state index contributed by atoms with van der Waals surface area (Å²) >= 11 is 0. The molecule has 0 bridgehead atoms. The minimum atomic E-state index is 0. The fourth-order valence-corrected chi connectivity index (χ4v) is 3.64. The normalized spacial score (nSPS) is 19.3. The van der Waals surface area contributed by atoms with Crippen molar-refractivity contribution >= 4 is 35.0 Å². The fraction of sp³-hybridized carbons (Fsp3) is 0.300. The molecule has 1 aromatic heterocycles. The van der Waals surface area contributed by atoms with Crippen LogP contribution in [0.3, 0.4) is 0 Å². The van der Waals surface area contributed by atoms with Gasteiger partial charge in [-0.15, -0.1) is 12.4 Å². The summed E-state index contributed by atoms with van der Waals surface area (Å²) in [5, 5.41) is 3.05. The van der Waals surface area contributed by atoms with Crippen molar-refractivity contribution in [2.75, 3.05) is 5.32 Å². The van der Waals surface area contributed by atoms with Crippen LogP contribution < -0.4 is 11.1 Å². The van der Waals surface area contributed by atoms with E-state index in [1.54, 1.807) is 0 Å². The van der Waals surface area contributed by atoms with Gasteiger partial charge in [-0.05, 0) is 43.0 Å². The SMILES string of the molecule is Cl.N[C@@H]1CCC[C@H]1CC(=O)Nc1ccccc1-c1nc2ccccc2[nH]1. The number of para-hydroxylation sites is 3. The first kappa shape index (κ1) is 18.4. The zero-order valence-corrected chi connectivity index (χ0v) is 15.3. The minimum Gasteiger partial charge on any atom is -0.338 e. The summed E-state index contributed by atoms with van der Waals surface area (Å²) in [6.07, 6.45) is 3.66. The number of rotatable bonds is 4. The number of aromatic amines is 1. The molecular weight excluding hydrogens is 348 g/mol. The number of carbonyl (C=O) groups excluding carboxylic acids is 1. The van der Waals surface area contributed by atoms with Crippen LogP contribution in [0.1, 0.15) is 25.7 Å². The number of carbonyl (C=O) groups is 1. The summed E-state index contributed by atoms with van der Waals surface area (Å²) in [6.45, 7) is 0. The number of imidazole rings is 1. The van der Waals surface area contributed by atoms with Gasteiger partial charge in [0, 0.05) is 18.0 Å². The third-order valence-corrected chi connectivity index (χ3v) is 5.01. The topological polar surface area (TPSA) is 83.8 Å². The monoisotopic (exact) mass is 370 g/mol. The van der Waals surface area contributed by atoms with Gasteiger partial charge in [0.15, 0.2) is 0 Å². The number of fused-ring (bicyclic) bond motifs is 1. The van der Waals surface area contributed by atoms with Crippen LogP contribution in [0.15, 0.2) is 48.5 Å². The van der Waals surface area contributed by atoms with Crippen molar-refractivity contribution in [1.82, 2.24) is 9.97 Å². The van der Waals surface area contributed by atoms with Crippen molar-refractivity contribution in [2.45, 2.75) is 31.7 Å². The summed E-state index contributed by atoms with van der Waals surface area (Å²) in [6, 6.07) is 15.8. The molecule has 1 heterocycles. The van der Waals surface area contributed by atoms with Gasteiger partial charge in [0.2, 0.25) is 5.91 Å². The number of H-pyrrole nitrogens is 1. The van der Waals surface area contributed by atoms with E-state index in [9.17, 15) is 4.79 Å². The van der Waals surface area contributed by atoms with Crippen LogP contribution in [-0.4, -0.2) is 21.9 Å². The lowest BCUT2D eigenvalue weighted by molar-refractivity contribution is -0.117. The molecular formula is C20H23ClN4O. The fourth-order valence-electron chi connectivity index (χ4n) is 3.64. The van der Waals surface area contributed by atoms with Crippen molar-refractivity contribution in [1.29, 1.82) is 0 Å². The Kier molecular flexibility index (Phi) is 5.59. The number of hydrogen-bond donors (Lipinski definition) is 3. The molecule has 5 nitrogen and oxygen atoms in total. The van der Waals surface area contributed by atoms with Crippen LogP contribution in [0.25, 0.3) is 22.4 Å². The lowest BCUT2D eigenvalue weighted by atomic mass is 10.00. The largest absolute Gasteiger partial charge is 0.338 e. The third kappa shape index (κ3) is 3.74. The highest BCUT2D eigenvalue weighted by Gasteiger charge is 2.26. The molecule has 1 aliphatic carbocycles. The molecule has 0 unspecified atom stereocenters. The second-order valence-electron chi connectivity index (χ2n) is 6.76. The molecule has 1 amide bonds. The number of anilines is 1. The van der Waals surface area contributed by atoms with Crippen LogP contribution in [-0.2, 0) is 4.79 Å². The quantitative estimate of drug-likeness (QED) is 0.646. The van der Waals surface area contributed by atoms with Gasteiger partial charge in [0.25, 0.3) is 0 Å². The molecule has 4 rings (SSSR count). The van der Waals surface area contributed by atoms with E-state index in [0.717, 1.165) is 47.4 Å². The molecule has 1 aliphatic rings. The van der Waals surface area contributed by atoms with Crippen LogP contribution >= 0.6 is 12.4 Å². The predicted octanol–water partition coefficient (Wildman–Crippen LogP) is 4.11. The molecule has 136 valence electrons. The Balaban J connectivity index is 0.00000196. The Hall–Kier alpha value is -2.37. The Morgan fingerprint density at radius 1 is 1.15 bits per heavy atom. The number of nitrogens with two attached hydrogens (primary N) is 1.